The Labute approximate surface area is 105 Å². The van der Waals surface area contributed by atoms with E-state index < -0.39 is 0 Å². The Morgan fingerprint density at radius 2 is 2.00 bits per heavy atom. The van der Waals surface area contributed by atoms with Gasteiger partial charge in [0.25, 0.3) is 0 Å². The average molecular weight is 237 g/mol. The minimum Gasteiger partial charge on any atom is -0.370 e. The summed E-state index contributed by atoms with van der Waals surface area (Å²) in [6.07, 6.45) is 12.7. The van der Waals surface area contributed by atoms with Gasteiger partial charge in [-0.2, -0.15) is 0 Å². The molecule has 1 saturated heterocycles. The summed E-state index contributed by atoms with van der Waals surface area (Å²) >= 11 is 0. The van der Waals surface area contributed by atoms with Crippen LogP contribution in [-0.2, 0) is 4.74 Å². The summed E-state index contributed by atoms with van der Waals surface area (Å²) in [7, 11) is 0. The third-order valence-electron chi connectivity index (χ3n) is 5.16. The highest BCUT2D eigenvalue weighted by atomic mass is 16.5. The van der Waals surface area contributed by atoms with Crippen molar-refractivity contribution in [1.29, 1.82) is 0 Å². The third-order valence-corrected chi connectivity index (χ3v) is 5.16. The first-order valence-electron chi connectivity index (χ1n) is 7.72. The average Bonchev–Trinajstić information content (AvgIpc) is 3.03. The lowest BCUT2D eigenvalue weighted by Crippen LogP contribution is -2.35. The zero-order valence-electron chi connectivity index (χ0n) is 11.2. The van der Waals surface area contributed by atoms with Crippen LogP contribution in [0.3, 0.4) is 0 Å². The van der Waals surface area contributed by atoms with Crippen LogP contribution in [0.5, 0.6) is 0 Å². The molecule has 0 aromatic heterocycles. The van der Waals surface area contributed by atoms with Crippen molar-refractivity contribution in [1.82, 2.24) is 5.32 Å². The largest absolute Gasteiger partial charge is 0.370 e. The minimum atomic E-state index is 0.304. The molecule has 2 saturated carbocycles. The van der Waals surface area contributed by atoms with Crippen molar-refractivity contribution in [3.8, 4) is 0 Å². The summed E-state index contributed by atoms with van der Waals surface area (Å²) in [5.74, 6) is 0.958. The molecule has 0 aromatic carbocycles. The highest BCUT2D eigenvalue weighted by molar-refractivity contribution is 4.95. The van der Waals surface area contributed by atoms with E-state index in [0.29, 0.717) is 11.7 Å². The molecule has 2 heteroatoms. The van der Waals surface area contributed by atoms with Gasteiger partial charge in [-0.25, -0.2) is 0 Å². The first kappa shape index (κ1) is 12.0. The molecule has 0 radical (unpaired) electrons. The van der Waals surface area contributed by atoms with Crippen molar-refractivity contribution in [3.63, 3.8) is 0 Å². The van der Waals surface area contributed by atoms with Crippen LogP contribution in [-0.4, -0.2) is 24.3 Å². The minimum absolute atomic E-state index is 0.304. The van der Waals surface area contributed by atoms with Crippen molar-refractivity contribution < 1.29 is 4.74 Å². The van der Waals surface area contributed by atoms with Gasteiger partial charge in [0.1, 0.15) is 0 Å². The van der Waals surface area contributed by atoms with Gasteiger partial charge in [-0.3, -0.25) is 0 Å². The molecule has 3 rings (SSSR count). The van der Waals surface area contributed by atoms with E-state index in [1.807, 2.05) is 0 Å². The molecule has 17 heavy (non-hydrogen) atoms. The standard InChI is InChI=1S/C15H27NO/c1-2-12-10-14(12)16-11-13-6-9-15(17-13)7-4-3-5-8-15/h12-14,16H,2-11H2,1H3. The summed E-state index contributed by atoms with van der Waals surface area (Å²) in [6.45, 7) is 3.40. The molecule has 1 N–H and O–H groups in total. The van der Waals surface area contributed by atoms with Crippen molar-refractivity contribution in [3.05, 3.63) is 0 Å². The quantitative estimate of drug-likeness (QED) is 0.810. The normalized spacial score (nSPS) is 39.7. The van der Waals surface area contributed by atoms with E-state index in [9.17, 15) is 0 Å². The molecular formula is C15H27NO. The maximum absolute atomic E-state index is 6.37. The van der Waals surface area contributed by atoms with Crippen LogP contribution < -0.4 is 5.32 Å². The van der Waals surface area contributed by atoms with Crippen LogP contribution in [0.1, 0.15) is 64.7 Å². The van der Waals surface area contributed by atoms with Crippen molar-refractivity contribution in [2.45, 2.75) is 82.5 Å². The lowest BCUT2D eigenvalue weighted by Gasteiger charge is -2.33. The van der Waals surface area contributed by atoms with Gasteiger partial charge in [-0.05, 0) is 38.0 Å². The Morgan fingerprint density at radius 1 is 1.18 bits per heavy atom. The SMILES string of the molecule is CCC1CC1NCC1CCC2(CCCCC2)O1. The molecule has 1 aliphatic heterocycles. The van der Waals surface area contributed by atoms with Gasteiger partial charge in [-0.1, -0.05) is 32.6 Å². The molecule has 0 amide bonds. The lowest BCUT2D eigenvalue weighted by atomic mass is 9.83. The van der Waals surface area contributed by atoms with Crippen LogP contribution in [0.25, 0.3) is 0 Å². The van der Waals surface area contributed by atoms with Gasteiger partial charge in [0.2, 0.25) is 0 Å². The topological polar surface area (TPSA) is 21.3 Å². The monoisotopic (exact) mass is 237 g/mol. The van der Waals surface area contributed by atoms with E-state index in [1.165, 1.54) is 57.8 Å². The molecule has 2 aliphatic carbocycles. The summed E-state index contributed by atoms with van der Waals surface area (Å²) < 4.78 is 6.37. The summed E-state index contributed by atoms with van der Waals surface area (Å²) in [4.78, 5) is 0. The summed E-state index contributed by atoms with van der Waals surface area (Å²) in [6, 6.07) is 0.812. The number of hydrogen-bond donors (Lipinski definition) is 1. The highest BCUT2D eigenvalue weighted by Crippen LogP contribution is 2.42. The van der Waals surface area contributed by atoms with Crippen molar-refractivity contribution in [2.24, 2.45) is 5.92 Å². The molecule has 0 aromatic rings. The molecule has 3 fully saturated rings. The van der Waals surface area contributed by atoms with Crippen molar-refractivity contribution >= 4 is 0 Å². The van der Waals surface area contributed by atoms with Crippen LogP contribution in [0, 0.1) is 5.92 Å². The van der Waals surface area contributed by atoms with Crippen LogP contribution in [0.2, 0.25) is 0 Å². The predicted octanol–water partition coefficient (Wildman–Crippen LogP) is 3.26. The Balaban J connectivity index is 1.41. The van der Waals surface area contributed by atoms with Crippen LogP contribution in [0.15, 0.2) is 0 Å². The first-order chi connectivity index (χ1) is 8.31. The second kappa shape index (κ2) is 4.89. The lowest BCUT2D eigenvalue weighted by molar-refractivity contribution is -0.0625. The fourth-order valence-electron chi connectivity index (χ4n) is 3.83. The van der Waals surface area contributed by atoms with Gasteiger partial charge in [0.05, 0.1) is 11.7 Å². The molecule has 2 nitrogen and oxygen atoms in total. The Morgan fingerprint density at radius 3 is 2.71 bits per heavy atom. The van der Waals surface area contributed by atoms with E-state index in [0.717, 1.165) is 18.5 Å². The summed E-state index contributed by atoms with van der Waals surface area (Å²) in [5, 5.41) is 3.70. The smallest absolute Gasteiger partial charge is 0.0708 e. The molecule has 1 spiro atoms. The van der Waals surface area contributed by atoms with Crippen molar-refractivity contribution in [2.75, 3.05) is 6.54 Å². The Kier molecular flexibility index (Phi) is 3.45. The Bertz CT molecular complexity index is 260. The number of rotatable bonds is 4. The number of hydrogen-bond acceptors (Lipinski definition) is 2. The van der Waals surface area contributed by atoms with E-state index >= 15 is 0 Å². The summed E-state index contributed by atoms with van der Waals surface area (Å²) in [5.41, 5.74) is 0.304. The predicted molar refractivity (Wildman–Crippen MR) is 70.1 cm³/mol. The van der Waals surface area contributed by atoms with Gasteiger partial charge in [-0.15, -0.1) is 0 Å². The van der Waals surface area contributed by atoms with Gasteiger partial charge in [0, 0.05) is 12.6 Å². The molecule has 3 unspecified atom stereocenters. The highest BCUT2D eigenvalue weighted by Gasteiger charge is 2.41. The van der Waals surface area contributed by atoms with Gasteiger partial charge in [0.15, 0.2) is 0 Å². The zero-order chi connectivity index (χ0) is 11.7. The molecule has 0 bridgehead atoms. The van der Waals surface area contributed by atoms with E-state index in [-0.39, 0.29) is 0 Å². The molecular weight excluding hydrogens is 210 g/mol. The molecule has 98 valence electrons. The van der Waals surface area contributed by atoms with Gasteiger partial charge >= 0.3 is 0 Å². The second-order valence-corrected chi connectivity index (χ2v) is 6.44. The third kappa shape index (κ3) is 2.68. The van der Waals surface area contributed by atoms with Crippen LogP contribution >= 0.6 is 0 Å². The maximum atomic E-state index is 6.37. The fraction of sp³-hybridized carbons (Fsp3) is 1.00. The van der Waals surface area contributed by atoms with E-state index in [2.05, 4.69) is 12.2 Å². The number of nitrogens with one attached hydrogen (secondary N) is 1. The van der Waals surface area contributed by atoms with E-state index in [4.69, 9.17) is 4.74 Å². The molecule has 1 heterocycles. The van der Waals surface area contributed by atoms with E-state index in [1.54, 1.807) is 0 Å². The van der Waals surface area contributed by atoms with Gasteiger partial charge < -0.3 is 10.1 Å². The number of ether oxygens (including phenoxy) is 1. The first-order valence-corrected chi connectivity index (χ1v) is 7.72. The molecule has 3 atom stereocenters. The second-order valence-electron chi connectivity index (χ2n) is 6.44. The fourth-order valence-corrected chi connectivity index (χ4v) is 3.83. The maximum Gasteiger partial charge on any atom is 0.0708 e. The Hall–Kier alpha value is -0.0800. The molecule has 3 aliphatic rings. The van der Waals surface area contributed by atoms with Crippen LogP contribution in [0.4, 0.5) is 0 Å². The zero-order valence-corrected chi connectivity index (χ0v) is 11.2.